The van der Waals surface area contributed by atoms with Crippen LogP contribution in [0.2, 0.25) is 0 Å². The Bertz CT molecular complexity index is 2360. The third-order valence-electron chi connectivity index (χ3n) is 17.1. The van der Waals surface area contributed by atoms with Crippen LogP contribution in [0.3, 0.4) is 0 Å². The first kappa shape index (κ1) is 98.9. The molecule has 0 aromatic heterocycles. The topological polar surface area (TPSA) is 231 Å². The maximum absolute atomic E-state index is 12.9. The summed E-state index contributed by atoms with van der Waals surface area (Å²) in [6, 6.07) is 0. The summed E-state index contributed by atoms with van der Waals surface area (Å²) in [6.07, 6.45) is 92.7. The van der Waals surface area contributed by atoms with E-state index >= 15 is 0 Å². The van der Waals surface area contributed by atoms with Crippen molar-refractivity contribution in [2.75, 3.05) is 39.6 Å². The Kier molecular flexibility index (Phi) is 74.5. The molecule has 16 nitrogen and oxygen atoms in total. The largest absolute Gasteiger partial charge is 0.472 e. The first-order chi connectivity index (χ1) is 50.2. The number of allylic oxidation sites excluding steroid dienone is 20. The fourth-order valence-corrected chi connectivity index (χ4v) is 12.5. The van der Waals surface area contributed by atoms with E-state index in [1.54, 1.807) is 0 Å². The molecule has 0 bridgehead atoms. The SMILES string of the molecule is CC/C=C\C/C=C\C/C=C\C/C=C\C/C=C\CCCCCCCCCC(=O)OCC(COP(=O)(O)OCC(O)COP(=O)(O)OCC(O)COC(=O)CCCCCCCCCCCCCCCCCCC/C=C\C/C=C\C/C=C\C/C=C\CCCCC)OC(=O)CCCCCCC/C=C\CCCC. The summed E-state index contributed by atoms with van der Waals surface area (Å²) >= 11 is 0. The van der Waals surface area contributed by atoms with E-state index in [0.717, 1.165) is 154 Å². The second-order valence-electron chi connectivity index (χ2n) is 27.2. The number of esters is 3. The van der Waals surface area contributed by atoms with Gasteiger partial charge in [-0.25, -0.2) is 9.13 Å². The summed E-state index contributed by atoms with van der Waals surface area (Å²) in [5.41, 5.74) is 0. The van der Waals surface area contributed by atoms with E-state index in [9.17, 15) is 43.5 Å². The minimum atomic E-state index is -4.93. The van der Waals surface area contributed by atoms with Crippen LogP contribution in [0.15, 0.2) is 122 Å². The fourth-order valence-electron chi connectivity index (χ4n) is 10.9. The molecule has 0 heterocycles. The lowest BCUT2D eigenvalue weighted by atomic mass is 10.0. The van der Waals surface area contributed by atoms with Crippen LogP contribution >= 0.6 is 15.6 Å². The average molecular weight is 1490 g/mol. The zero-order valence-corrected chi connectivity index (χ0v) is 66.7. The molecule has 0 saturated heterocycles. The second kappa shape index (κ2) is 77.6. The van der Waals surface area contributed by atoms with Crippen molar-refractivity contribution in [2.45, 2.75) is 360 Å². The maximum atomic E-state index is 12.9. The van der Waals surface area contributed by atoms with E-state index < -0.39 is 91.5 Å². The van der Waals surface area contributed by atoms with Gasteiger partial charge < -0.3 is 34.2 Å². The number of rotatable bonds is 77. The molecule has 0 aromatic rings. The van der Waals surface area contributed by atoms with Crippen LogP contribution in [0.5, 0.6) is 0 Å². The third-order valence-corrected chi connectivity index (χ3v) is 19.0. The molecule has 0 fully saturated rings. The highest BCUT2D eigenvalue weighted by Crippen LogP contribution is 2.45. The number of aliphatic hydroxyl groups excluding tert-OH is 2. The number of aliphatic hydroxyl groups is 2. The van der Waals surface area contributed by atoms with E-state index in [2.05, 4.69) is 142 Å². The second-order valence-corrected chi connectivity index (χ2v) is 30.1. The van der Waals surface area contributed by atoms with Crippen molar-refractivity contribution in [3.8, 4) is 0 Å². The molecule has 0 amide bonds. The molecule has 0 radical (unpaired) electrons. The van der Waals surface area contributed by atoms with Gasteiger partial charge in [0.15, 0.2) is 6.10 Å². The molecule has 103 heavy (non-hydrogen) atoms. The summed E-state index contributed by atoms with van der Waals surface area (Å²) in [7, 11) is -9.79. The highest BCUT2D eigenvalue weighted by molar-refractivity contribution is 7.47. The Morgan fingerprint density at radius 1 is 0.282 bits per heavy atom. The molecule has 0 aliphatic carbocycles. The Balaban J connectivity index is 4.37. The predicted molar refractivity (Wildman–Crippen MR) is 427 cm³/mol. The molecule has 0 aliphatic rings. The standard InChI is InChI=1S/C85H148O16P2/c1-4-7-10-13-16-19-22-24-26-28-30-32-34-35-36-37-38-39-40-41-42-43-45-47-48-50-52-54-57-59-62-65-68-71-83(88)95-74-80(86)75-97-102(91,92)98-76-81(87)77-99-103(93,94)100-79-82(101-85(90)73-70-67-64-61-56-21-18-15-12-9-6-3)78-96-84(89)72-69-66-63-60-58-55-53-51-49-46-44-33-31-29-27-25-23-20-17-14-11-8-5-2/h8,11,15-20,24-27,30-33,35-36,46,49,80-82,86-87H,4-7,9-10,12-14,21-23,28-29,34,37-45,47-48,50-79H2,1-3H3,(H,91,92)(H,93,94)/b11-8-,18-15-,19-16-,20-17-,26-24-,27-25-,32-30-,33-31-,36-35-,49-46-. The van der Waals surface area contributed by atoms with Crippen molar-refractivity contribution in [3.05, 3.63) is 122 Å². The van der Waals surface area contributed by atoms with Crippen LogP contribution in [-0.2, 0) is 55.8 Å². The number of unbranched alkanes of at least 4 members (excludes halogenated alkanes) is 34. The number of carbonyl (C=O) groups is 3. The maximum Gasteiger partial charge on any atom is 0.472 e. The zero-order chi connectivity index (χ0) is 75.2. The highest BCUT2D eigenvalue weighted by atomic mass is 31.2. The predicted octanol–water partition coefficient (Wildman–Crippen LogP) is 24.1. The van der Waals surface area contributed by atoms with Gasteiger partial charge in [-0.1, -0.05) is 316 Å². The van der Waals surface area contributed by atoms with Gasteiger partial charge >= 0.3 is 33.6 Å². The van der Waals surface area contributed by atoms with Crippen molar-refractivity contribution in [1.82, 2.24) is 0 Å². The minimum Gasteiger partial charge on any atom is -0.463 e. The first-order valence-corrected chi connectivity index (χ1v) is 43.8. The number of ether oxygens (including phenoxy) is 3. The minimum absolute atomic E-state index is 0.0901. The van der Waals surface area contributed by atoms with Gasteiger partial charge in [-0.05, 0) is 128 Å². The molecule has 0 rings (SSSR count). The lowest BCUT2D eigenvalue weighted by Crippen LogP contribution is -2.30. The summed E-state index contributed by atoms with van der Waals surface area (Å²) in [6.45, 7) is 2.49. The number of hydrogen-bond acceptors (Lipinski definition) is 14. The zero-order valence-electron chi connectivity index (χ0n) is 65.0. The van der Waals surface area contributed by atoms with Crippen LogP contribution < -0.4 is 0 Å². The summed E-state index contributed by atoms with van der Waals surface area (Å²) in [5, 5.41) is 20.6. The van der Waals surface area contributed by atoms with Crippen LogP contribution in [-0.4, -0.2) is 95.9 Å². The van der Waals surface area contributed by atoms with Gasteiger partial charge in [0.05, 0.1) is 26.4 Å². The fraction of sp³-hybridized carbons (Fsp3) is 0.729. The quantitative estimate of drug-likeness (QED) is 0.0146. The van der Waals surface area contributed by atoms with Gasteiger partial charge in [0.25, 0.3) is 0 Å². The molecule has 18 heteroatoms. The smallest absolute Gasteiger partial charge is 0.463 e. The average Bonchev–Trinajstić information content (AvgIpc) is 0.913. The monoisotopic (exact) mass is 1490 g/mol. The Hall–Kier alpha value is -4.05. The highest BCUT2D eigenvalue weighted by Gasteiger charge is 2.29. The third kappa shape index (κ3) is 78.8. The molecule has 594 valence electrons. The van der Waals surface area contributed by atoms with Gasteiger partial charge in [-0.3, -0.25) is 32.5 Å². The van der Waals surface area contributed by atoms with Crippen LogP contribution in [0.1, 0.15) is 342 Å². The molecular formula is C85H148O16P2. The number of carbonyl (C=O) groups excluding carboxylic acids is 3. The van der Waals surface area contributed by atoms with Gasteiger partial charge in [-0.2, -0.15) is 0 Å². The molecular weight excluding hydrogens is 1340 g/mol. The summed E-state index contributed by atoms with van der Waals surface area (Å²) < 4.78 is 61.1. The molecule has 0 saturated carbocycles. The van der Waals surface area contributed by atoms with E-state index in [-0.39, 0.29) is 19.3 Å². The summed E-state index contributed by atoms with van der Waals surface area (Å²) in [4.78, 5) is 58.6. The van der Waals surface area contributed by atoms with Crippen molar-refractivity contribution in [3.63, 3.8) is 0 Å². The lowest BCUT2D eigenvalue weighted by Gasteiger charge is -2.21. The molecule has 4 N–H and O–H groups in total. The van der Waals surface area contributed by atoms with Gasteiger partial charge in [0.1, 0.15) is 25.4 Å². The van der Waals surface area contributed by atoms with Crippen molar-refractivity contribution in [2.24, 2.45) is 0 Å². The first-order valence-electron chi connectivity index (χ1n) is 40.8. The number of phosphoric ester groups is 2. The van der Waals surface area contributed by atoms with Crippen LogP contribution in [0, 0.1) is 0 Å². The van der Waals surface area contributed by atoms with E-state index in [1.165, 1.54) is 128 Å². The normalized spacial score (nSPS) is 14.6. The molecule has 5 atom stereocenters. The van der Waals surface area contributed by atoms with E-state index in [1.807, 2.05) is 0 Å². The van der Waals surface area contributed by atoms with Crippen LogP contribution in [0.4, 0.5) is 0 Å². The van der Waals surface area contributed by atoms with Crippen molar-refractivity contribution < 1.29 is 75.8 Å². The molecule has 0 aliphatic heterocycles. The van der Waals surface area contributed by atoms with E-state index in [4.69, 9.17) is 32.3 Å². The van der Waals surface area contributed by atoms with Crippen LogP contribution in [0.25, 0.3) is 0 Å². The van der Waals surface area contributed by atoms with Gasteiger partial charge in [0.2, 0.25) is 0 Å². The molecule has 0 spiro atoms. The Morgan fingerprint density at radius 2 is 0.524 bits per heavy atom. The van der Waals surface area contributed by atoms with Crippen molar-refractivity contribution in [1.29, 1.82) is 0 Å². The van der Waals surface area contributed by atoms with Crippen molar-refractivity contribution >= 4 is 33.6 Å². The van der Waals surface area contributed by atoms with Gasteiger partial charge in [-0.15, -0.1) is 0 Å². The lowest BCUT2D eigenvalue weighted by molar-refractivity contribution is -0.161. The molecule has 0 aromatic carbocycles. The van der Waals surface area contributed by atoms with Gasteiger partial charge in [0, 0.05) is 19.3 Å². The number of phosphoric acid groups is 2. The Morgan fingerprint density at radius 3 is 0.854 bits per heavy atom. The summed E-state index contributed by atoms with van der Waals surface area (Å²) in [5.74, 6) is -1.59. The Labute approximate surface area is 627 Å². The molecule has 5 unspecified atom stereocenters. The van der Waals surface area contributed by atoms with E-state index in [0.29, 0.717) is 19.3 Å². The number of hydrogen-bond donors (Lipinski definition) is 4.